The summed E-state index contributed by atoms with van der Waals surface area (Å²) >= 11 is 5.82. The van der Waals surface area contributed by atoms with E-state index in [0.717, 1.165) is 50.9 Å². The van der Waals surface area contributed by atoms with Crippen molar-refractivity contribution in [1.82, 2.24) is 25.3 Å². The van der Waals surface area contributed by atoms with E-state index in [2.05, 4.69) is 37.2 Å². The molecule has 1 aliphatic heterocycles. The summed E-state index contributed by atoms with van der Waals surface area (Å²) in [5.74, 6) is 1.48. The van der Waals surface area contributed by atoms with Crippen LogP contribution in [0.4, 0.5) is 0 Å². The minimum atomic E-state index is 0. The molecule has 1 aliphatic rings. The first-order valence-corrected chi connectivity index (χ1v) is 9.51. The molecule has 0 atom stereocenters. The highest BCUT2D eigenvalue weighted by molar-refractivity contribution is 14.0. The summed E-state index contributed by atoms with van der Waals surface area (Å²) in [6.45, 7) is 8.51. The van der Waals surface area contributed by atoms with E-state index in [4.69, 9.17) is 20.9 Å². The second-order valence-corrected chi connectivity index (χ2v) is 6.59. The molecule has 2 aromatic heterocycles. The van der Waals surface area contributed by atoms with Crippen LogP contribution < -0.4 is 10.1 Å². The van der Waals surface area contributed by atoms with Crippen molar-refractivity contribution >= 4 is 41.5 Å². The average molecular weight is 521 g/mol. The van der Waals surface area contributed by atoms with Gasteiger partial charge >= 0.3 is 0 Å². The highest BCUT2D eigenvalue weighted by Gasteiger charge is 2.20. The van der Waals surface area contributed by atoms with E-state index in [9.17, 15) is 0 Å². The monoisotopic (exact) mass is 520 g/mol. The van der Waals surface area contributed by atoms with Crippen LogP contribution in [0, 0.1) is 0 Å². The highest BCUT2D eigenvalue weighted by Crippen LogP contribution is 2.11. The summed E-state index contributed by atoms with van der Waals surface area (Å²) in [4.78, 5) is 13.4. The van der Waals surface area contributed by atoms with E-state index >= 15 is 0 Å². The summed E-state index contributed by atoms with van der Waals surface area (Å²) < 4.78 is 10.5. The summed E-state index contributed by atoms with van der Waals surface area (Å²) in [5, 5.41) is 7.94. The first kappa shape index (κ1) is 22.7. The highest BCUT2D eigenvalue weighted by atomic mass is 127. The third-order valence-corrected chi connectivity index (χ3v) is 4.41. The molecular weight excluding hydrogens is 495 g/mol. The number of rotatable bonds is 7. The van der Waals surface area contributed by atoms with Gasteiger partial charge in [0.05, 0.1) is 17.3 Å². The fraction of sp³-hybridized carbons (Fsp3) is 0.500. The molecule has 0 amide bonds. The van der Waals surface area contributed by atoms with Gasteiger partial charge in [-0.3, -0.25) is 4.90 Å². The number of aromatic nitrogens is 2. The van der Waals surface area contributed by atoms with Gasteiger partial charge in [-0.25, -0.2) is 9.98 Å². The number of hydrogen-bond acceptors (Lipinski definition) is 6. The Hall–Kier alpha value is -1.59. The van der Waals surface area contributed by atoms with Crippen LogP contribution in [0.25, 0.3) is 0 Å². The molecule has 0 spiro atoms. The number of hydrogen-bond donors (Lipinski definition) is 1. The first-order valence-electron chi connectivity index (χ1n) is 9.14. The van der Waals surface area contributed by atoms with Crippen molar-refractivity contribution in [2.45, 2.75) is 13.5 Å². The average Bonchev–Trinajstić information content (AvgIpc) is 3.19. The number of nitrogens with zero attached hydrogens (tertiary/aromatic N) is 5. The Balaban J connectivity index is 0.00000280. The number of piperazine rings is 1. The van der Waals surface area contributed by atoms with Crippen molar-refractivity contribution in [2.75, 3.05) is 45.9 Å². The Labute approximate surface area is 187 Å². The lowest BCUT2D eigenvalue weighted by molar-refractivity contribution is 0.169. The topological polar surface area (TPSA) is 79.0 Å². The maximum atomic E-state index is 5.82. The summed E-state index contributed by atoms with van der Waals surface area (Å²) in [6, 6.07) is 5.43. The third-order valence-electron chi connectivity index (χ3n) is 4.19. The van der Waals surface area contributed by atoms with Crippen LogP contribution in [0.5, 0.6) is 5.88 Å². The minimum absolute atomic E-state index is 0. The Kier molecular flexibility index (Phi) is 9.79. The molecule has 1 N–H and O–H groups in total. The molecule has 0 aromatic carbocycles. The summed E-state index contributed by atoms with van der Waals surface area (Å²) in [6.07, 6.45) is 3.19. The molecule has 0 saturated carbocycles. The van der Waals surface area contributed by atoms with Crippen molar-refractivity contribution in [1.29, 1.82) is 0 Å². The Morgan fingerprint density at radius 3 is 2.75 bits per heavy atom. The van der Waals surface area contributed by atoms with Crippen LogP contribution in [0.3, 0.4) is 0 Å². The maximum absolute atomic E-state index is 5.82. The van der Waals surface area contributed by atoms with Crippen LogP contribution in [0.1, 0.15) is 12.6 Å². The zero-order valence-electron chi connectivity index (χ0n) is 15.9. The molecule has 3 rings (SSSR count). The third kappa shape index (κ3) is 7.10. The van der Waals surface area contributed by atoms with Crippen LogP contribution >= 0.6 is 35.6 Å². The predicted octanol–water partition coefficient (Wildman–Crippen LogP) is 2.50. The van der Waals surface area contributed by atoms with E-state index in [1.165, 1.54) is 0 Å². The van der Waals surface area contributed by atoms with Crippen molar-refractivity contribution < 1.29 is 9.26 Å². The SMILES string of the molecule is CCNC(=NCCOc1ccc(Cl)cn1)N1CCN(Cc2ccon2)CC1.I. The van der Waals surface area contributed by atoms with Crippen LogP contribution in [0.15, 0.2) is 40.2 Å². The van der Waals surface area contributed by atoms with Gasteiger partial charge in [-0.15, -0.1) is 24.0 Å². The van der Waals surface area contributed by atoms with E-state index in [0.29, 0.717) is 24.1 Å². The number of ether oxygens (including phenoxy) is 1. The smallest absolute Gasteiger partial charge is 0.213 e. The van der Waals surface area contributed by atoms with Crippen molar-refractivity contribution in [3.8, 4) is 5.88 Å². The number of pyridine rings is 1. The molecule has 1 saturated heterocycles. The van der Waals surface area contributed by atoms with Crippen molar-refractivity contribution in [3.63, 3.8) is 0 Å². The number of aliphatic imine (C=N–C) groups is 1. The number of guanidine groups is 1. The quantitative estimate of drug-likeness (QED) is 0.260. The van der Waals surface area contributed by atoms with Gasteiger partial charge in [0.2, 0.25) is 5.88 Å². The van der Waals surface area contributed by atoms with Gasteiger partial charge in [0.25, 0.3) is 0 Å². The van der Waals surface area contributed by atoms with Crippen LogP contribution in [0.2, 0.25) is 5.02 Å². The molecule has 28 heavy (non-hydrogen) atoms. The molecule has 0 aliphatic carbocycles. The minimum Gasteiger partial charge on any atom is -0.476 e. The normalized spacial score (nSPS) is 15.2. The van der Waals surface area contributed by atoms with Gasteiger partial charge in [0.15, 0.2) is 5.96 Å². The standard InChI is InChI=1S/C18H25ClN6O2.HI/c1-2-20-18(21-6-12-26-17-4-3-15(19)13-22-17)25-9-7-24(8-10-25)14-16-5-11-27-23-16;/h3-5,11,13H,2,6-10,12,14H2,1H3,(H,20,21);1H. The Morgan fingerprint density at radius 2 is 2.11 bits per heavy atom. The van der Waals surface area contributed by atoms with Gasteiger partial charge in [0.1, 0.15) is 12.9 Å². The van der Waals surface area contributed by atoms with Crippen molar-refractivity contribution in [2.24, 2.45) is 4.99 Å². The molecule has 3 heterocycles. The molecule has 0 radical (unpaired) electrons. The van der Waals surface area contributed by atoms with Gasteiger partial charge in [0, 0.05) is 57.6 Å². The van der Waals surface area contributed by atoms with E-state index in [1.54, 1.807) is 24.6 Å². The lowest BCUT2D eigenvalue weighted by atomic mass is 10.3. The molecule has 0 bridgehead atoms. The summed E-state index contributed by atoms with van der Waals surface area (Å²) in [7, 11) is 0. The Morgan fingerprint density at radius 1 is 1.29 bits per heavy atom. The molecule has 1 fully saturated rings. The van der Waals surface area contributed by atoms with Crippen LogP contribution in [-0.4, -0.2) is 71.8 Å². The zero-order valence-corrected chi connectivity index (χ0v) is 19.0. The molecular formula is C18H26ClIN6O2. The second-order valence-electron chi connectivity index (χ2n) is 6.15. The molecule has 154 valence electrons. The van der Waals surface area contributed by atoms with Crippen LogP contribution in [-0.2, 0) is 6.54 Å². The van der Waals surface area contributed by atoms with E-state index in [-0.39, 0.29) is 24.0 Å². The molecule has 2 aromatic rings. The van der Waals surface area contributed by atoms with Gasteiger partial charge < -0.3 is 19.5 Å². The fourth-order valence-electron chi connectivity index (χ4n) is 2.84. The molecule has 10 heteroatoms. The lowest BCUT2D eigenvalue weighted by Gasteiger charge is -2.36. The molecule has 0 unspecified atom stereocenters. The first-order chi connectivity index (χ1) is 13.2. The fourth-order valence-corrected chi connectivity index (χ4v) is 2.95. The van der Waals surface area contributed by atoms with Crippen molar-refractivity contribution in [3.05, 3.63) is 41.4 Å². The van der Waals surface area contributed by atoms with Gasteiger partial charge in [-0.05, 0) is 13.0 Å². The van der Waals surface area contributed by atoms with E-state index < -0.39 is 0 Å². The van der Waals surface area contributed by atoms with Gasteiger partial charge in [-0.2, -0.15) is 0 Å². The lowest BCUT2D eigenvalue weighted by Crippen LogP contribution is -2.52. The Bertz CT molecular complexity index is 705. The number of halogens is 2. The van der Waals surface area contributed by atoms with Gasteiger partial charge in [-0.1, -0.05) is 16.8 Å². The largest absolute Gasteiger partial charge is 0.476 e. The number of nitrogens with one attached hydrogen (secondary N) is 1. The second kappa shape index (κ2) is 12.1. The van der Waals surface area contributed by atoms with E-state index in [1.807, 2.05) is 6.07 Å². The maximum Gasteiger partial charge on any atom is 0.213 e. The summed E-state index contributed by atoms with van der Waals surface area (Å²) in [5.41, 5.74) is 0.969. The zero-order chi connectivity index (χ0) is 18.9. The predicted molar refractivity (Wildman–Crippen MR) is 119 cm³/mol. The molecule has 8 nitrogen and oxygen atoms in total.